The highest BCUT2D eigenvalue weighted by molar-refractivity contribution is 5.87. The summed E-state index contributed by atoms with van der Waals surface area (Å²) in [7, 11) is 1.53. The van der Waals surface area contributed by atoms with Gasteiger partial charge in [0.2, 0.25) is 17.7 Å². The maximum atomic E-state index is 13.9. The molecular formula is C22H22F4N6O2. The van der Waals surface area contributed by atoms with Gasteiger partial charge in [-0.15, -0.1) is 10.2 Å². The van der Waals surface area contributed by atoms with Crippen LogP contribution in [0.25, 0.3) is 16.5 Å². The van der Waals surface area contributed by atoms with Crippen LogP contribution in [0.4, 0.5) is 17.6 Å². The molecule has 2 aromatic heterocycles. The summed E-state index contributed by atoms with van der Waals surface area (Å²) in [4.78, 5) is 11.1. The molecule has 0 unspecified atom stereocenters. The van der Waals surface area contributed by atoms with Crippen LogP contribution in [-0.2, 0) is 4.79 Å². The summed E-state index contributed by atoms with van der Waals surface area (Å²) in [6.07, 6.45) is -1.56. The number of aromatic amines is 1. The Morgan fingerprint density at radius 3 is 2.74 bits per heavy atom. The van der Waals surface area contributed by atoms with Gasteiger partial charge in [-0.1, -0.05) is 18.2 Å². The Morgan fingerprint density at radius 2 is 2.03 bits per heavy atom. The molecule has 0 aliphatic rings. The van der Waals surface area contributed by atoms with Gasteiger partial charge in [-0.2, -0.15) is 22.7 Å². The molecule has 12 heteroatoms. The van der Waals surface area contributed by atoms with Gasteiger partial charge in [-0.25, -0.2) is 0 Å². The van der Waals surface area contributed by atoms with Crippen molar-refractivity contribution < 1.29 is 27.1 Å². The number of H-pyrrole nitrogens is 1. The molecule has 2 heterocycles. The van der Waals surface area contributed by atoms with Gasteiger partial charge in [0.15, 0.2) is 0 Å². The van der Waals surface area contributed by atoms with Crippen LogP contribution in [-0.4, -0.2) is 59.2 Å². The summed E-state index contributed by atoms with van der Waals surface area (Å²) in [6, 6.07) is 7.44. The topological polar surface area (TPSA) is 105 Å². The van der Waals surface area contributed by atoms with E-state index in [1.165, 1.54) is 37.4 Å². The molecular weight excluding hydrogens is 456 g/mol. The Kier molecular flexibility index (Phi) is 8.30. The number of carbonyl (C=O) groups is 1. The van der Waals surface area contributed by atoms with Crippen LogP contribution in [0.3, 0.4) is 0 Å². The maximum absolute atomic E-state index is 13.9. The molecule has 1 aromatic carbocycles. The molecule has 0 saturated carbocycles. The number of aromatic nitrogens is 4. The van der Waals surface area contributed by atoms with E-state index in [1.54, 1.807) is 12.1 Å². The van der Waals surface area contributed by atoms with Crippen LogP contribution in [0.5, 0.6) is 5.88 Å². The van der Waals surface area contributed by atoms with Gasteiger partial charge < -0.3 is 15.4 Å². The zero-order chi connectivity index (χ0) is 24.6. The molecule has 3 N–H and O–H groups in total. The van der Waals surface area contributed by atoms with Crippen LogP contribution in [0.1, 0.15) is 17.7 Å². The third kappa shape index (κ3) is 7.10. The van der Waals surface area contributed by atoms with E-state index in [1.807, 2.05) is 0 Å². The van der Waals surface area contributed by atoms with Crippen molar-refractivity contribution >= 4 is 22.4 Å². The number of alkyl halides is 3. The SMILES string of the molecule is CNC(=O)/C=C/CNCCOc1ccc(/C(=C/CC(F)(F)F)c2ccc3n[nH]c(F)c3c2)nn1. The summed E-state index contributed by atoms with van der Waals surface area (Å²) in [6.45, 7) is 1.19. The third-order valence-corrected chi connectivity index (χ3v) is 4.58. The molecule has 0 aliphatic heterocycles. The van der Waals surface area contributed by atoms with Crippen molar-refractivity contribution in [2.24, 2.45) is 0 Å². The molecule has 1 amide bonds. The van der Waals surface area contributed by atoms with Crippen molar-refractivity contribution in [1.82, 2.24) is 31.0 Å². The molecule has 3 rings (SSSR count). The van der Waals surface area contributed by atoms with Crippen LogP contribution in [0.15, 0.2) is 48.6 Å². The lowest BCUT2D eigenvalue weighted by atomic mass is 9.99. The van der Waals surface area contributed by atoms with E-state index < -0.39 is 18.5 Å². The molecule has 0 spiro atoms. The van der Waals surface area contributed by atoms with E-state index in [0.29, 0.717) is 24.2 Å². The Labute approximate surface area is 192 Å². The predicted molar refractivity (Wildman–Crippen MR) is 117 cm³/mol. The van der Waals surface area contributed by atoms with Crippen molar-refractivity contribution in [2.75, 3.05) is 26.7 Å². The zero-order valence-electron chi connectivity index (χ0n) is 18.1. The van der Waals surface area contributed by atoms with Crippen molar-refractivity contribution in [3.63, 3.8) is 0 Å². The Bertz CT molecular complexity index is 1170. The third-order valence-electron chi connectivity index (χ3n) is 4.58. The van der Waals surface area contributed by atoms with Gasteiger partial charge in [-0.3, -0.25) is 9.89 Å². The number of rotatable bonds is 10. The van der Waals surface area contributed by atoms with E-state index in [4.69, 9.17) is 4.74 Å². The van der Waals surface area contributed by atoms with Gasteiger partial charge in [-0.05, 0) is 23.8 Å². The number of hydrogen-bond acceptors (Lipinski definition) is 6. The fourth-order valence-electron chi connectivity index (χ4n) is 2.94. The summed E-state index contributed by atoms with van der Waals surface area (Å²) in [5, 5.41) is 19.6. The number of likely N-dealkylation sites (N-methyl/N-ethyl adjacent to an activating group) is 1. The lowest BCUT2D eigenvalue weighted by Gasteiger charge is -2.10. The quantitative estimate of drug-likeness (QED) is 0.235. The number of hydrogen-bond donors (Lipinski definition) is 3. The molecule has 34 heavy (non-hydrogen) atoms. The molecule has 0 bridgehead atoms. The molecule has 180 valence electrons. The summed E-state index contributed by atoms with van der Waals surface area (Å²) in [5.41, 5.74) is 1.03. The first-order chi connectivity index (χ1) is 16.3. The van der Waals surface area contributed by atoms with Gasteiger partial charge in [0, 0.05) is 37.9 Å². The first kappa shape index (κ1) is 24.8. The molecule has 0 aliphatic carbocycles. The number of nitrogens with one attached hydrogen (secondary N) is 3. The first-order valence-corrected chi connectivity index (χ1v) is 10.2. The first-order valence-electron chi connectivity index (χ1n) is 10.2. The highest BCUT2D eigenvalue weighted by atomic mass is 19.4. The summed E-state index contributed by atoms with van der Waals surface area (Å²) in [5.74, 6) is -0.690. The average Bonchev–Trinajstić information content (AvgIpc) is 3.18. The van der Waals surface area contributed by atoms with Crippen LogP contribution in [0.2, 0.25) is 0 Å². The standard InChI is InChI=1S/C22H22F4N6O2/c1-27-19(33)3-2-10-28-11-12-34-20-7-6-17(29-31-20)15(8-9-22(24,25)26)14-4-5-18-16(13-14)21(23)32-30-18/h2-8,13,28H,9-12H2,1H3,(H,27,33)(H,30,32)/b3-2+,15-8+. The van der Waals surface area contributed by atoms with Gasteiger partial charge in [0.05, 0.1) is 23.0 Å². The van der Waals surface area contributed by atoms with Crippen molar-refractivity contribution in [3.05, 3.63) is 65.8 Å². The van der Waals surface area contributed by atoms with E-state index in [9.17, 15) is 22.4 Å². The molecule has 0 atom stereocenters. The van der Waals surface area contributed by atoms with E-state index >= 15 is 0 Å². The lowest BCUT2D eigenvalue weighted by Crippen LogP contribution is -2.22. The fraction of sp³-hybridized carbons (Fsp3) is 0.273. The second-order valence-corrected chi connectivity index (χ2v) is 7.03. The average molecular weight is 478 g/mol. The Hall–Kier alpha value is -3.80. The molecule has 3 aromatic rings. The number of nitrogens with zero attached hydrogens (tertiary/aromatic N) is 3. The molecule has 0 radical (unpaired) electrons. The minimum absolute atomic E-state index is 0.154. The molecule has 0 saturated heterocycles. The summed E-state index contributed by atoms with van der Waals surface area (Å²) >= 11 is 0. The number of benzene rings is 1. The van der Waals surface area contributed by atoms with E-state index in [-0.39, 0.29) is 35.0 Å². The highest BCUT2D eigenvalue weighted by Gasteiger charge is 2.26. The van der Waals surface area contributed by atoms with Gasteiger partial charge >= 0.3 is 6.18 Å². The second kappa shape index (κ2) is 11.4. The van der Waals surface area contributed by atoms with Crippen molar-refractivity contribution in [3.8, 4) is 5.88 Å². The Balaban J connectivity index is 1.68. The van der Waals surface area contributed by atoms with Crippen LogP contribution >= 0.6 is 0 Å². The minimum Gasteiger partial charge on any atom is -0.475 e. The van der Waals surface area contributed by atoms with Gasteiger partial charge in [0.25, 0.3) is 0 Å². The maximum Gasteiger partial charge on any atom is 0.392 e. The van der Waals surface area contributed by atoms with Crippen molar-refractivity contribution in [2.45, 2.75) is 12.6 Å². The van der Waals surface area contributed by atoms with Crippen LogP contribution in [0, 0.1) is 5.95 Å². The van der Waals surface area contributed by atoms with E-state index in [2.05, 4.69) is 31.0 Å². The van der Waals surface area contributed by atoms with Crippen molar-refractivity contribution in [1.29, 1.82) is 0 Å². The minimum atomic E-state index is -4.42. The van der Waals surface area contributed by atoms with Crippen LogP contribution < -0.4 is 15.4 Å². The number of fused-ring (bicyclic) bond motifs is 1. The molecule has 0 fully saturated rings. The predicted octanol–water partition coefficient (Wildman–Crippen LogP) is 3.15. The highest BCUT2D eigenvalue weighted by Crippen LogP contribution is 2.29. The fourth-order valence-corrected chi connectivity index (χ4v) is 2.94. The number of allylic oxidation sites excluding steroid dienone is 1. The number of ether oxygens (including phenoxy) is 1. The Morgan fingerprint density at radius 1 is 1.21 bits per heavy atom. The second-order valence-electron chi connectivity index (χ2n) is 7.03. The summed E-state index contributed by atoms with van der Waals surface area (Å²) < 4.78 is 58.0. The monoisotopic (exact) mass is 478 g/mol. The molecule has 8 nitrogen and oxygen atoms in total. The smallest absolute Gasteiger partial charge is 0.392 e. The zero-order valence-corrected chi connectivity index (χ0v) is 18.1. The number of carbonyl (C=O) groups excluding carboxylic acids is 1. The largest absolute Gasteiger partial charge is 0.475 e. The number of halogens is 4. The number of amides is 1. The van der Waals surface area contributed by atoms with Gasteiger partial charge in [0.1, 0.15) is 6.61 Å². The lowest BCUT2D eigenvalue weighted by molar-refractivity contribution is -0.125. The van der Waals surface area contributed by atoms with E-state index in [0.717, 1.165) is 6.08 Å². The normalized spacial score (nSPS) is 12.4.